The Labute approximate surface area is 116 Å². The van der Waals surface area contributed by atoms with Crippen molar-refractivity contribution < 1.29 is 0 Å². The molecule has 0 fully saturated rings. The Hall–Kier alpha value is -1.94. The maximum Gasteiger partial charge on any atom is 0.125 e. The summed E-state index contributed by atoms with van der Waals surface area (Å²) in [5.74, 6) is 0.944. The second-order valence-corrected chi connectivity index (χ2v) is 3.62. The van der Waals surface area contributed by atoms with Gasteiger partial charge in [0, 0.05) is 24.6 Å². The van der Waals surface area contributed by atoms with Gasteiger partial charge in [0.25, 0.3) is 0 Å². The Morgan fingerprint density at radius 2 is 1.58 bits per heavy atom. The van der Waals surface area contributed by atoms with Crippen molar-refractivity contribution in [2.45, 2.75) is 20.8 Å². The highest BCUT2D eigenvalue weighted by Crippen LogP contribution is 1.97. The van der Waals surface area contributed by atoms with Crippen molar-refractivity contribution in [2.24, 2.45) is 5.73 Å². The van der Waals surface area contributed by atoms with Gasteiger partial charge in [0.15, 0.2) is 0 Å². The average Bonchev–Trinajstić information content (AvgIpc) is 2.43. The van der Waals surface area contributed by atoms with Crippen LogP contribution in [0.5, 0.6) is 0 Å². The summed E-state index contributed by atoms with van der Waals surface area (Å²) >= 11 is 0. The molecule has 2 aromatic rings. The first kappa shape index (κ1) is 17.1. The van der Waals surface area contributed by atoms with Gasteiger partial charge >= 0.3 is 0 Å². The van der Waals surface area contributed by atoms with E-state index < -0.39 is 0 Å². The third kappa shape index (κ3) is 10.9. The minimum atomic E-state index is 0.750. The zero-order chi connectivity index (χ0) is 14.3. The molecule has 2 heterocycles. The fourth-order valence-corrected chi connectivity index (χ4v) is 1.10. The Morgan fingerprint density at radius 3 is 1.89 bits per heavy atom. The number of nitrogens with one attached hydrogen (secondary N) is 1. The molecule has 0 saturated heterocycles. The lowest BCUT2D eigenvalue weighted by molar-refractivity contribution is 1.14. The van der Waals surface area contributed by atoms with Crippen LogP contribution in [0.15, 0.2) is 48.8 Å². The first-order valence-corrected chi connectivity index (χ1v) is 6.47. The fraction of sp³-hybridized carbons (Fsp3) is 0.333. The molecule has 0 aliphatic carbocycles. The number of rotatable bonds is 2. The van der Waals surface area contributed by atoms with Gasteiger partial charge < -0.3 is 11.1 Å². The Morgan fingerprint density at radius 1 is 1.00 bits per heavy atom. The van der Waals surface area contributed by atoms with Gasteiger partial charge in [0.05, 0.1) is 0 Å². The molecule has 4 nitrogen and oxygen atoms in total. The Balaban J connectivity index is 0.000000289. The largest absolute Gasteiger partial charge is 0.370 e. The van der Waals surface area contributed by atoms with Crippen molar-refractivity contribution in [1.82, 2.24) is 9.97 Å². The van der Waals surface area contributed by atoms with Crippen LogP contribution in [0.3, 0.4) is 0 Å². The smallest absolute Gasteiger partial charge is 0.125 e. The van der Waals surface area contributed by atoms with Gasteiger partial charge in [-0.05, 0) is 44.7 Å². The van der Waals surface area contributed by atoms with Gasteiger partial charge in [0.1, 0.15) is 5.82 Å². The molecule has 4 heteroatoms. The number of aromatic nitrogens is 2. The number of pyridine rings is 2. The lowest BCUT2D eigenvalue weighted by Gasteiger charge is -1.97. The molecule has 0 aliphatic heterocycles. The molecule has 0 aromatic carbocycles. The number of aryl methyl sites for hydroxylation is 1. The number of nitrogens with two attached hydrogens (primary N) is 1. The van der Waals surface area contributed by atoms with E-state index in [-0.39, 0.29) is 0 Å². The minimum Gasteiger partial charge on any atom is -0.370 e. The van der Waals surface area contributed by atoms with Gasteiger partial charge in [-0.2, -0.15) is 0 Å². The zero-order valence-electron chi connectivity index (χ0n) is 12.0. The first-order chi connectivity index (χ1) is 9.24. The van der Waals surface area contributed by atoms with E-state index in [0.29, 0.717) is 0 Å². The van der Waals surface area contributed by atoms with E-state index in [9.17, 15) is 0 Å². The Bertz CT molecular complexity index is 389. The third-order valence-corrected chi connectivity index (χ3v) is 1.84. The van der Waals surface area contributed by atoms with Crippen molar-refractivity contribution in [3.63, 3.8) is 0 Å². The molecule has 0 unspecified atom stereocenters. The highest BCUT2D eigenvalue weighted by molar-refractivity contribution is 5.32. The molecule has 19 heavy (non-hydrogen) atoms. The maximum atomic E-state index is 4.85. The third-order valence-electron chi connectivity index (χ3n) is 1.84. The predicted octanol–water partition coefficient (Wildman–Crippen LogP) is 2.87. The molecule has 104 valence electrons. The minimum absolute atomic E-state index is 0.750. The summed E-state index contributed by atoms with van der Waals surface area (Å²) in [7, 11) is 0. The summed E-state index contributed by atoms with van der Waals surface area (Å²) in [6.07, 6.45) is 3.56. The first-order valence-electron chi connectivity index (χ1n) is 6.47. The van der Waals surface area contributed by atoms with Crippen LogP contribution in [0.4, 0.5) is 5.82 Å². The summed E-state index contributed by atoms with van der Waals surface area (Å²) in [4.78, 5) is 8.04. The van der Waals surface area contributed by atoms with Gasteiger partial charge in [-0.25, -0.2) is 4.98 Å². The number of anilines is 1. The summed E-state index contributed by atoms with van der Waals surface area (Å²) in [5.41, 5.74) is 5.92. The molecule has 3 N–H and O–H groups in total. The number of hydrogen-bond acceptors (Lipinski definition) is 4. The molecular weight excluding hydrogens is 236 g/mol. The molecular formula is C15H24N4. The summed E-state index contributed by atoms with van der Waals surface area (Å²) < 4.78 is 0. The van der Waals surface area contributed by atoms with Crippen LogP contribution < -0.4 is 11.1 Å². The predicted molar refractivity (Wildman–Crippen MR) is 82.1 cm³/mol. The quantitative estimate of drug-likeness (QED) is 0.871. The lowest BCUT2D eigenvalue weighted by Crippen LogP contribution is -1.97. The molecule has 0 radical (unpaired) electrons. The monoisotopic (exact) mass is 260 g/mol. The SMILES string of the molecule is CCN.CCNc1ccccn1.Cc1ccccn1. The van der Waals surface area contributed by atoms with E-state index in [4.69, 9.17) is 5.73 Å². The van der Waals surface area contributed by atoms with Gasteiger partial charge in [-0.15, -0.1) is 0 Å². The van der Waals surface area contributed by atoms with E-state index in [1.165, 1.54) is 0 Å². The van der Waals surface area contributed by atoms with Crippen molar-refractivity contribution in [3.05, 3.63) is 54.5 Å². The second kappa shape index (κ2) is 12.5. The maximum absolute atomic E-state index is 4.85. The van der Waals surface area contributed by atoms with Crippen LogP contribution in [0, 0.1) is 6.92 Å². The van der Waals surface area contributed by atoms with Crippen LogP contribution in [0.25, 0.3) is 0 Å². The van der Waals surface area contributed by atoms with E-state index in [2.05, 4.69) is 22.2 Å². The van der Waals surface area contributed by atoms with Crippen molar-refractivity contribution >= 4 is 5.82 Å². The topological polar surface area (TPSA) is 63.8 Å². The van der Waals surface area contributed by atoms with Crippen molar-refractivity contribution in [1.29, 1.82) is 0 Å². The van der Waals surface area contributed by atoms with E-state index >= 15 is 0 Å². The van der Waals surface area contributed by atoms with Gasteiger partial charge in [0.2, 0.25) is 0 Å². The normalized spacial score (nSPS) is 8.42. The molecule has 0 amide bonds. The standard InChI is InChI=1S/C7H10N2.C6H7N.C2H7N/c1-2-8-7-5-3-4-6-9-7;1-6-4-2-3-5-7-6;1-2-3/h3-6H,2H2,1H3,(H,8,9);2-5H,1H3;2-3H2,1H3. The fourth-order valence-electron chi connectivity index (χ4n) is 1.10. The van der Waals surface area contributed by atoms with E-state index in [1.54, 1.807) is 12.4 Å². The highest BCUT2D eigenvalue weighted by atomic mass is 15.0. The number of hydrogen-bond donors (Lipinski definition) is 2. The molecule has 0 aliphatic rings. The van der Waals surface area contributed by atoms with Gasteiger partial charge in [-0.1, -0.05) is 19.1 Å². The number of nitrogens with zero attached hydrogens (tertiary/aromatic N) is 2. The van der Waals surface area contributed by atoms with Crippen LogP contribution >= 0.6 is 0 Å². The molecule has 0 atom stereocenters. The molecule has 2 rings (SSSR count). The van der Waals surface area contributed by atoms with Crippen LogP contribution in [0.2, 0.25) is 0 Å². The lowest BCUT2D eigenvalue weighted by atomic mass is 10.4. The summed E-state index contributed by atoms with van der Waals surface area (Å²) in [6.45, 7) is 7.60. The summed E-state index contributed by atoms with van der Waals surface area (Å²) in [6, 6.07) is 11.7. The van der Waals surface area contributed by atoms with Crippen molar-refractivity contribution in [2.75, 3.05) is 18.4 Å². The zero-order valence-corrected chi connectivity index (χ0v) is 12.0. The van der Waals surface area contributed by atoms with E-state index in [0.717, 1.165) is 24.6 Å². The molecule has 2 aromatic heterocycles. The second-order valence-electron chi connectivity index (χ2n) is 3.62. The average molecular weight is 260 g/mol. The Kier molecular flexibility index (Phi) is 11.2. The van der Waals surface area contributed by atoms with Crippen LogP contribution in [-0.4, -0.2) is 23.1 Å². The van der Waals surface area contributed by atoms with Gasteiger partial charge in [-0.3, -0.25) is 4.98 Å². The van der Waals surface area contributed by atoms with Crippen molar-refractivity contribution in [3.8, 4) is 0 Å². The van der Waals surface area contributed by atoms with E-state index in [1.807, 2.05) is 50.2 Å². The molecule has 0 bridgehead atoms. The molecule has 0 saturated carbocycles. The van der Waals surface area contributed by atoms with Crippen LogP contribution in [-0.2, 0) is 0 Å². The summed E-state index contributed by atoms with van der Waals surface area (Å²) in [5, 5.41) is 3.10. The molecule has 0 spiro atoms. The highest BCUT2D eigenvalue weighted by Gasteiger charge is 1.83. The van der Waals surface area contributed by atoms with Crippen LogP contribution in [0.1, 0.15) is 19.5 Å².